The molecule has 7 aromatic rings. The van der Waals surface area contributed by atoms with Crippen LogP contribution in [0, 0.1) is 45.3 Å². The van der Waals surface area contributed by atoms with E-state index in [2.05, 4.69) is 13.0 Å². The van der Waals surface area contributed by atoms with Crippen LogP contribution in [0.3, 0.4) is 0 Å². The van der Waals surface area contributed by atoms with E-state index in [0.717, 1.165) is 17.5 Å². The lowest BCUT2D eigenvalue weighted by Crippen LogP contribution is -2.30. The van der Waals surface area contributed by atoms with Gasteiger partial charge in [-0.15, -0.1) is 0 Å². The summed E-state index contributed by atoms with van der Waals surface area (Å²) in [6, 6.07) is 57.1. The van der Waals surface area contributed by atoms with Gasteiger partial charge in [0.05, 0.1) is 22.3 Å². The van der Waals surface area contributed by atoms with Crippen LogP contribution in [0.5, 0.6) is 34.5 Å². The summed E-state index contributed by atoms with van der Waals surface area (Å²) in [4.78, 5) is 0. The molecule has 7 rings (SSSR count). The van der Waals surface area contributed by atoms with Gasteiger partial charge in [0.15, 0.2) is 7.14 Å². The summed E-state index contributed by atoms with van der Waals surface area (Å²) in [5.41, 5.74) is 2.07. The van der Waals surface area contributed by atoms with Crippen LogP contribution in [-0.2, 0) is 10.2 Å². The van der Waals surface area contributed by atoms with Crippen molar-refractivity contribution in [2.24, 2.45) is 0 Å². The fourth-order valence-corrected chi connectivity index (χ4v) is 9.99. The van der Waals surface area contributed by atoms with E-state index in [-0.39, 0.29) is 11.1 Å². The normalized spacial score (nSPS) is 13.0. The Bertz CT molecular complexity index is 2980. The summed E-state index contributed by atoms with van der Waals surface area (Å²) in [5.74, 6) is 3.20. The summed E-state index contributed by atoms with van der Waals surface area (Å²) >= 11 is 0. The first-order valence-corrected chi connectivity index (χ1v) is 22.0. The molecule has 0 aliphatic heterocycles. The number of hydrogen-bond acceptors (Lipinski definition) is 9. The fraction of sp³-hybridized carbons (Fsp3) is 0.132. The van der Waals surface area contributed by atoms with Gasteiger partial charge in [-0.3, -0.25) is 0 Å². The molecule has 0 spiro atoms. The fourth-order valence-electron chi connectivity index (χ4n) is 7.36. The van der Waals surface area contributed by atoms with Crippen LogP contribution in [0.4, 0.5) is 0 Å². The Kier molecular flexibility index (Phi) is 13.0. The molecule has 9 nitrogen and oxygen atoms in total. The maximum atomic E-state index is 15.5. The van der Waals surface area contributed by atoms with Gasteiger partial charge in [0, 0.05) is 28.0 Å². The average Bonchev–Trinajstić information content (AvgIpc) is 3.31. The highest BCUT2D eigenvalue weighted by Crippen LogP contribution is 2.44. The highest BCUT2D eigenvalue weighted by atomic mass is 31.2. The van der Waals surface area contributed by atoms with E-state index in [9.17, 15) is 21.0 Å². The number of benzene rings is 7. The maximum absolute atomic E-state index is 15.5. The van der Waals surface area contributed by atoms with Crippen molar-refractivity contribution >= 4 is 23.1 Å². The van der Waals surface area contributed by atoms with Crippen LogP contribution in [0.15, 0.2) is 164 Å². The minimum atomic E-state index is -3.36. The first-order valence-electron chi connectivity index (χ1n) is 20.3. The summed E-state index contributed by atoms with van der Waals surface area (Å²) < 4.78 is 40.7. The topological polar surface area (TPSA) is 149 Å². The van der Waals surface area contributed by atoms with Crippen molar-refractivity contribution in [2.45, 2.75) is 45.3 Å². The van der Waals surface area contributed by atoms with Crippen molar-refractivity contribution in [2.75, 3.05) is 0 Å². The number of ether oxygens (including phenoxy) is 4. The molecule has 308 valence electrons. The number of rotatable bonds is 15. The zero-order valence-corrected chi connectivity index (χ0v) is 35.8. The van der Waals surface area contributed by atoms with Crippen molar-refractivity contribution < 1.29 is 23.5 Å². The van der Waals surface area contributed by atoms with E-state index >= 15 is 4.57 Å². The van der Waals surface area contributed by atoms with Crippen LogP contribution >= 0.6 is 7.14 Å². The van der Waals surface area contributed by atoms with Crippen LogP contribution in [-0.4, -0.2) is 0 Å². The quantitative estimate of drug-likeness (QED) is 0.0919. The van der Waals surface area contributed by atoms with Gasteiger partial charge >= 0.3 is 0 Å². The van der Waals surface area contributed by atoms with Gasteiger partial charge in [-0.25, -0.2) is 0 Å². The SMILES string of the molecule is CCCC(C)(Oc1cccc(Oc2ccc(C#N)c(C#N)c2)c1)c1ccc(P(=O)(c2ccccc2)c2ccc(Oc3cccc(OC(C)c4ccc(C#N)c(C#N)c4)c3)cc2)cc1. The second-order valence-corrected chi connectivity index (χ2v) is 17.7. The Morgan fingerprint density at radius 3 is 1.63 bits per heavy atom. The maximum Gasteiger partial charge on any atom is 0.171 e. The van der Waals surface area contributed by atoms with Gasteiger partial charge in [-0.1, -0.05) is 86.1 Å². The van der Waals surface area contributed by atoms with Crippen molar-refractivity contribution in [1.29, 1.82) is 21.0 Å². The molecule has 7 aromatic carbocycles. The zero-order chi connectivity index (χ0) is 44.4. The standard InChI is InChI=1S/C53H41N4O5P/c1-4-28-53(3,62-49-13-9-12-47(32-49)61-48-21-18-40(34-55)42(30-48)36-57)43-19-24-51(25-20-43)63(58,50-14-6-5-7-15-50)52-26-22-44(23-27-52)60-46-11-8-10-45(31-46)59-37(2)38-16-17-39(33-54)41(29-38)35-56/h5-27,29-32,37H,4,28H2,1-3H3. The van der Waals surface area contributed by atoms with Crippen molar-refractivity contribution in [1.82, 2.24) is 0 Å². The number of nitrogens with zero attached hydrogens (tertiary/aromatic N) is 4. The van der Waals surface area contributed by atoms with Gasteiger partial charge in [0.2, 0.25) is 0 Å². The molecule has 0 fully saturated rings. The predicted octanol–water partition coefficient (Wildman–Crippen LogP) is 11.6. The molecule has 63 heavy (non-hydrogen) atoms. The van der Waals surface area contributed by atoms with Gasteiger partial charge in [-0.05, 0) is 110 Å². The highest BCUT2D eigenvalue weighted by molar-refractivity contribution is 7.85. The Morgan fingerprint density at radius 2 is 1.02 bits per heavy atom. The molecule has 0 aromatic heterocycles. The summed E-state index contributed by atoms with van der Waals surface area (Å²) in [6.45, 7) is 6.01. The second-order valence-electron chi connectivity index (χ2n) is 14.9. The van der Waals surface area contributed by atoms with Gasteiger partial charge in [0.25, 0.3) is 0 Å². The third kappa shape index (κ3) is 9.62. The molecule has 0 aliphatic rings. The average molecular weight is 845 g/mol. The Morgan fingerprint density at radius 1 is 0.524 bits per heavy atom. The molecule has 0 amide bonds. The monoisotopic (exact) mass is 844 g/mol. The largest absolute Gasteiger partial charge is 0.486 e. The smallest absolute Gasteiger partial charge is 0.171 e. The summed E-state index contributed by atoms with van der Waals surface area (Å²) in [7, 11) is -3.36. The van der Waals surface area contributed by atoms with E-state index in [4.69, 9.17) is 18.9 Å². The second kappa shape index (κ2) is 19.1. The number of nitriles is 4. The third-order valence-electron chi connectivity index (χ3n) is 10.6. The van der Waals surface area contributed by atoms with E-state index < -0.39 is 18.8 Å². The minimum absolute atomic E-state index is 0.236. The number of hydrogen-bond donors (Lipinski definition) is 0. The molecule has 10 heteroatoms. The van der Waals surface area contributed by atoms with E-state index in [1.54, 1.807) is 54.6 Å². The molecule has 0 saturated heterocycles. The van der Waals surface area contributed by atoms with Crippen LogP contribution in [0.2, 0.25) is 0 Å². The first kappa shape index (κ1) is 43.0. The molecule has 0 radical (unpaired) electrons. The Balaban J connectivity index is 1.10. The van der Waals surface area contributed by atoms with E-state index in [0.29, 0.717) is 68.0 Å². The lowest BCUT2D eigenvalue weighted by molar-refractivity contribution is 0.0759. The van der Waals surface area contributed by atoms with Gasteiger partial charge < -0.3 is 23.5 Å². The summed E-state index contributed by atoms with van der Waals surface area (Å²) in [5, 5.41) is 39.5. The zero-order valence-electron chi connectivity index (χ0n) is 34.9. The van der Waals surface area contributed by atoms with Gasteiger partial charge in [0.1, 0.15) is 70.5 Å². The van der Waals surface area contributed by atoms with Crippen LogP contribution < -0.4 is 34.9 Å². The van der Waals surface area contributed by atoms with Crippen LogP contribution in [0.1, 0.15) is 73.1 Å². The van der Waals surface area contributed by atoms with Crippen molar-refractivity contribution in [3.05, 3.63) is 197 Å². The molecule has 0 aliphatic carbocycles. The Labute approximate surface area is 367 Å². The van der Waals surface area contributed by atoms with Crippen LogP contribution in [0.25, 0.3) is 0 Å². The van der Waals surface area contributed by atoms with Gasteiger partial charge in [-0.2, -0.15) is 21.0 Å². The predicted molar refractivity (Wildman–Crippen MR) is 243 cm³/mol. The lowest BCUT2D eigenvalue weighted by Gasteiger charge is -2.32. The third-order valence-corrected chi connectivity index (χ3v) is 13.7. The molecular weight excluding hydrogens is 804 g/mol. The highest BCUT2D eigenvalue weighted by Gasteiger charge is 2.33. The first-order chi connectivity index (χ1) is 30.6. The lowest BCUT2D eigenvalue weighted by atomic mass is 9.91. The van der Waals surface area contributed by atoms with Crippen molar-refractivity contribution in [3.63, 3.8) is 0 Å². The molecular formula is C53H41N4O5P. The molecule has 0 bridgehead atoms. The summed E-state index contributed by atoms with van der Waals surface area (Å²) in [6.07, 6.45) is 1.14. The molecule has 0 saturated carbocycles. The van der Waals surface area contributed by atoms with E-state index in [1.165, 1.54) is 0 Å². The minimum Gasteiger partial charge on any atom is -0.486 e. The molecule has 3 unspecified atom stereocenters. The van der Waals surface area contributed by atoms with Crippen molar-refractivity contribution in [3.8, 4) is 58.8 Å². The Hall–Kier alpha value is -8.07. The molecule has 3 atom stereocenters. The molecule has 0 N–H and O–H groups in total. The van der Waals surface area contributed by atoms with E-state index in [1.807, 2.05) is 141 Å². The molecule has 0 heterocycles.